The van der Waals surface area contributed by atoms with Crippen molar-refractivity contribution in [1.82, 2.24) is 4.98 Å². The summed E-state index contributed by atoms with van der Waals surface area (Å²) in [6.07, 6.45) is 0.865. The van der Waals surface area contributed by atoms with E-state index >= 15 is 0 Å². The highest BCUT2D eigenvalue weighted by atomic mass is 32.1. The quantitative estimate of drug-likeness (QED) is 0.759. The number of aryl methyl sites for hydroxylation is 1. The van der Waals surface area contributed by atoms with Crippen LogP contribution >= 0.6 is 11.3 Å². The SMILES string of the molecule is Cc1ncsc1CCOCCOc1ccc(C(=O)O)cc1. The first kappa shape index (κ1) is 15.5. The molecule has 21 heavy (non-hydrogen) atoms. The molecular formula is C15H17NO4S. The Labute approximate surface area is 127 Å². The lowest BCUT2D eigenvalue weighted by molar-refractivity contribution is 0.0696. The lowest BCUT2D eigenvalue weighted by atomic mass is 10.2. The third kappa shape index (κ3) is 4.84. The van der Waals surface area contributed by atoms with Crippen LogP contribution in [0.5, 0.6) is 5.75 Å². The van der Waals surface area contributed by atoms with E-state index in [9.17, 15) is 4.79 Å². The van der Waals surface area contributed by atoms with Crippen LogP contribution in [0, 0.1) is 6.92 Å². The molecule has 2 aromatic rings. The number of carboxylic acids is 1. The van der Waals surface area contributed by atoms with Crippen LogP contribution in [0.2, 0.25) is 0 Å². The van der Waals surface area contributed by atoms with Gasteiger partial charge in [0.25, 0.3) is 0 Å². The topological polar surface area (TPSA) is 68.7 Å². The zero-order valence-corrected chi connectivity index (χ0v) is 12.6. The van der Waals surface area contributed by atoms with E-state index in [0.717, 1.165) is 12.1 Å². The fourth-order valence-electron chi connectivity index (χ4n) is 1.75. The van der Waals surface area contributed by atoms with Crippen molar-refractivity contribution in [3.63, 3.8) is 0 Å². The minimum atomic E-state index is -0.941. The number of nitrogens with zero attached hydrogens (tertiary/aromatic N) is 1. The number of hydrogen-bond donors (Lipinski definition) is 1. The highest BCUT2D eigenvalue weighted by Gasteiger charge is 2.03. The lowest BCUT2D eigenvalue weighted by Gasteiger charge is -2.07. The number of carboxylic acid groups (broad SMARTS) is 1. The molecule has 0 fully saturated rings. The Kier molecular flexibility index (Phi) is 5.71. The van der Waals surface area contributed by atoms with Gasteiger partial charge in [0.15, 0.2) is 0 Å². The zero-order chi connectivity index (χ0) is 15.1. The number of aromatic nitrogens is 1. The van der Waals surface area contributed by atoms with Crippen molar-refractivity contribution >= 4 is 17.3 Å². The van der Waals surface area contributed by atoms with E-state index < -0.39 is 5.97 Å². The summed E-state index contributed by atoms with van der Waals surface area (Å²) in [5, 5.41) is 8.78. The van der Waals surface area contributed by atoms with Crippen molar-refractivity contribution in [1.29, 1.82) is 0 Å². The van der Waals surface area contributed by atoms with Crippen LogP contribution in [0.4, 0.5) is 0 Å². The molecule has 0 unspecified atom stereocenters. The molecule has 0 aliphatic carbocycles. The van der Waals surface area contributed by atoms with Crippen molar-refractivity contribution in [3.05, 3.63) is 45.9 Å². The predicted molar refractivity (Wildman–Crippen MR) is 80.3 cm³/mol. The average molecular weight is 307 g/mol. The van der Waals surface area contributed by atoms with Gasteiger partial charge in [0, 0.05) is 11.3 Å². The Morgan fingerprint density at radius 1 is 1.24 bits per heavy atom. The van der Waals surface area contributed by atoms with Crippen LogP contribution in [-0.4, -0.2) is 35.9 Å². The van der Waals surface area contributed by atoms with Crippen molar-refractivity contribution in [3.8, 4) is 5.75 Å². The molecule has 0 amide bonds. The second-order valence-electron chi connectivity index (χ2n) is 4.40. The third-order valence-electron chi connectivity index (χ3n) is 2.92. The Hall–Kier alpha value is -1.92. The molecule has 2 rings (SSSR count). The van der Waals surface area contributed by atoms with E-state index in [1.165, 1.54) is 17.0 Å². The van der Waals surface area contributed by atoms with E-state index in [4.69, 9.17) is 14.6 Å². The van der Waals surface area contributed by atoms with Crippen molar-refractivity contribution in [2.75, 3.05) is 19.8 Å². The number of hydrogen-bond acceptors (Lipinski definition) is 5. The molecule has 0 radical (unpaired) electrons. The standard InChI is InChI=1S/C15H17NO4S/c1-11-14(21-10-16-11)6-7-19-8-9-20-13-4-2-12(3-5-13)15(17)18/h2-5,10H,6-9H2,1H3,(H,17,18). The summed E-state index contributed by atoms with van der Waals surface area (Å²) in [6.45, 7) is 3.58. The third-order valence-corrected chi connectivity index (χ3v) is 3.91. The molecule has 1 N–H and O–H groups in total. The van der Waals surface area contributed by atoms with Gasteiger partial charge in [-0.2, -0.15) is 0 Å². The number of aromatic carboxylic acids is 1. The number of benzene rings is 1. The first-order valence-electron chi connectivity index (χ1n) is 6.59. The Morgan fingerprint density at radius 2 is 2.00 bits per heavy atom. The Bertz CT molecular complexity index is 580. The van der Waals surface area contributed by atoms with Crippen molar-refractivity contribution in [2.24, 2.45) is 0 Å². The first-order valence-corrected chi connectivity index (χ1v) is 7.47. The molecule has 6 heteroatoms. The maximum Gasteiger partial charge on any atom is 0.335 e. The molecule has 0 saturated carbocycles. The van der Waals surface area contributed by atoms with Crippen molar-refractivity contribution < 1.29 is 19.4 Å². The van der Waals surface area contributed by atoms with Gasteiger partial charge in [-0.15, -0.1) is 11.3 Å². The summed E-state index contributed by atoms with van der Waals surface area (Å²) in [5.41, 5.74) is 3.16. The fourth-order valence-corrected chi connectivity index (χ4v) is 2.51. The second-order valence-corrected chi connectivity index (χ2v) is 5.34. The van der Waals surface area contributed by atoms with Crippen LogP contribution in [0.1, 0.15) is 20.9 Å². The molecule has 0 spiro atoms. The highest BCUT2D eigenvalue weighted by molar-refractivity contribution is 7.09. The van der Waals surface area contributed by atoms with Crippen LogP contribution in [0.15, 0.2) is 29.8 Å². The normalized spacial score (nSPS) is 10.5. The molecule has 1 heterocycles. The monoisotopic (exact) mass is 307 g/mol. The maximum absolute atomic E-state index is 10.7. The number of rotatable bonds is 8. The van der Waals surface area contributed by atoms with E-state index in [1.54, 1.807) is 23.5 Å². The molecule has 0 aliphatic rings. The van der Waals surface area contributed by atoms with Gasteiger partial charge in [0.2, 0.25) is 0 Å². The largest absolute Gasteiger partial charge is 0.491 e. The van der Waals surface area contributed by atoms with E-state index in [1.807, 2.05) is 12.4 Å². The summed E-state index contributed by atoms with van der Waals surface area (Å²) >= 11 is 1.64. The highest BCUT2D eigenvalue weighted by Crippen LogP contribution is 2.13. The number of carbonyl (C=O) groups is 1. The molecule has 112 valence electrons. The molecule has 1 aromatic heterocycles. The minimum absolute atomic E-state index is 0.249. The summed E-state index contributed by atoms with van der Waals surface area (Å²) in [4.78, 5) is 16.1. The molecule has 5 nitrogen and oxygen atoms in total. The molecule has 0 saturated heterocycles. The summed E-state index contributed by atoms with van der Waals surface area (Å²) in [6, 6.07) is 6.32. The molecular weight excluding hydrogens is 290 g/mol. The molecule has 0 bridgehead atoms. The lowest BCUT2D eigenvalue weighted by Crippen LogP contribution is -2.08. The van der Waals surface area contributed by atoms with Gasteiger partial charge in [-0.25, -0.2) is 9.78 Å². The van der Waals surface area contributed by atoms with Crippen LogP contribution in [0.3, 0.4) is 0 Å². The molecule has 1 aromatic carbocycles. The predicted octanol–water partition coefficient (Wildman–Crippen LogP) is 2.79. The number of thiazole rings is 1. The van der Waals surface area contributed by atoms with E-state index in [0.29, 0.717) is 25.6 Å². The second kappa shape index (κ2) is 7.75. The molecule has 0 aliphatic heterocycles. The maximum atomic E-state index is 10.7. The zero-order valence-electron chi connectivity index (χ0n) is 11.7. The van der Waals surface area contributed by atoms with Gasteiger partial charge >= 0.3 is 5.97 Å². The summed E-state index contributed by atoms with van der Waals surface area (Å²) in [7, 11) is 0. The smallest absolute Gasteiger partial charge is 0.335 e. The first-order chi connectivity index (χ1) is 10.2. The van der Waals surface area contributed by atoms with Gasteiger partial charge in [0.05, 0.1) is 30.0 Å². The minimum Gasteiger partial charge on any atom is -0.491 e. The van der Waals surface area contributed by atoms with Crippen LogP contribution < -0.4 is 4.74 Å². The van der Waals surface area contributed by atoms with Gasteiger partial charge in [-0.3, -0.25) is 0 Å². The van der Waals surface area contributed by atoms with E-state index in [2.05, 4.69) is 4.98 Å². The Morgan fingerprint density at radius 3 is 2.62 bits per heavy atom. The Balaban J connectivity index is 1.61. The fraction of sp³-hybridized carbons (Fsp3) is 0.333. The van der Waals surface area contributed by atoms with Crippen molar-refractivity contribution in [2.45, 2.75) is 13.3 Å². The van der Waals surface area contributed by atoms with Gasteiger partial charge < -0.3 is 14.6 Å². The van der Waals surface area contributed by atoms with Gasteiger partial charge in [-0.1, -0.05) is 0 Å². The summed E-state index contributed by atoms with van der Waals surface area (Å²) in [5.74, 6) is -0.301. The molecule has 0 atom stereocenters. The number of ether oxygens (including phenoxy) is 2. The van der Waals surface area contributed by atoms with E-state index in [-0.39, 0.29) is 5.56 Å². The van der Waals surface area contributed by atoms with Crippen LogP contribution in [0.25, 0.3) is 0 Å². The van der Waals surface area contributed by atoms with Crippen LogP contribution in [-0.2, 0) is 11.2 Å². The average Bonchev–Trinajstić information content (AvgIpc) is 2.88. The van der Waals surface area contributed by atoms with Gasteiger partial charge in [-0.05, 0) is 31.2 Å². The summed E-state index contributed by atoms with van der Waals surface area (Å²) < 4.78 is 11.0. The van der Waals surface area contributed by atoms with Gasteiger partial charge in [0.1, 0.15) is 12.4 Å².